The number of hydrogen-bond donors (Lipinski definition) is 0. The van der Waals surface area contributed by atoms with Gasteiger partial charge in [0.1, 0.15) is 0 Å². The lowest BCUT2D eigenvalue weighted by Crippen LogP contribution is -2.42. The van der Waals surface area contributed by atoms with E-state index in [1.807, 2.05) is 0 Å². The Morgan fingerprint density at radius 3 is 1.78 bits per heavy atom. The average Bonchev–Trinajstić information content (AvgIpc) is 2.24. The third-order valence-electron chi connectivity index (χ3n) is 4.77. The molecule has 0 saturated heterocycles. The molecule has 0 rings (SSSR count). The van der Waals surface area contributed by atoms with Gasteiger partial charge in [-0.15, -0.1) is 0 Å². The van der Waals surface area contributed by atoms with Crippen molar-refractivity contribution in [2.45, 2.75) is 73.9 Å². The maximum absolute atomic E-state index is 4.46. The van der Waals surface area contributed by atoms with E-state index in [0.29, 0.717) is 23.9 Å². The lowest BCUT2D eigenvalue weighted by atomic mass is 9.66. The second-order valence-electron chi connectivity index (χ2n) is 7.13. The van der Waals surface area contributed by atoms with Gasteiger partial charge in [0.15, 0.2) is 0 Å². The number of nitrogens with zero attached hydrogens (tertiary/aromatic N) is 1. The Morgan fingerprint density at radius 2 is 1.50 bits per heavy atom. The molecular weight excluding hydrogens is 218 g/mol. The molecule has 0 aromatic rings. The molecule has 1 nitrogen and oxygen atoms in total. The summed E-state index contributed by atoms with van der Waals surface area (Å²) in [6.07, 6.45) is 1.22. The molecule has 0 aliphatic heterocycles. The molecule has 0 aliphatic carbocycles. The molecule has 0 fully saturated rings. The third kappa shape index (κ3) is 4.12. The zero-order valence-electron chi connectivity index (χ0n) is 14.2. The highest BCUT2D eigenvalue weighted by Crippen LogP contribution is 2.42. The fourth-order valence-corrected chi connectivity index (χ4v) is 2.76. The van der Waals surface area contributed by atoms with Crippen molar-refractivity contribution >= 4 is 0 Å². The minimum absolute atomic E-state index is 0.233. The van der Waals surface area contributed by atoms with Gasteiger partial charge in [-0.2, -0.15) is 0 Å². The molecule has 0 spiro atoms. The molecule has 108 valence electrons. The van der Waals surface area contributed by atoms with Gasteiger partial charge in [-0.1, -0.05) is 46.8 Å². The van der Waals surface area contributed by atoms with E-state index in [9.17, 15) is 0 Å². The maximum Gasteiger partial charge on any atom is 0.0281 e. The SMILES string of the molecule is C=C(C(C)N(C)C(C)C)C(C)(CC(C)C)C(C)C. The van der Waals surface area contributed by atoms with E-state index in [2.05, 4.69) is 73.9 Å². The molecule has 0 N–H and O–H groups in total. The van der Waals surface area contributed by atoms with E-state index in [1.54, 1.807) is 0 Å². The molecule has 0 radical (unpaired) electrons. The van der Waals surface area contributed by atoms with Crippen molar-refractivity contribution < 1.29 is 0 Å². The average molecular weight is 253 g/mol. The van der Waals surface area contributed by atoms with E-state index in [0.717, 1.165) is 0 Å². The minimum Gasteiger partial charge on any atom is -0.298 e. The molecule has 0 bridgehead atoms. The van der Waals surface area contributed by atoms with Crippen LogP contribution in [-0.4, -0.2) is 24.0 Å². The van der Waals surface area contributed by atoms with Crippen LogP contribution in [0, 0.1) is 17.3 Å². The quantitative estimate of drug-likeness (QED) is 0.578. The van der Waals surface area contributed by atoms with Crippen molar-refractivity contribution in [1.29, 1.82) is 0 Å². The van der Waals surface area contributed by atoms with Crippen LogP contribution in [0.15, 0.2) is 12.2 Å². The standard InChI is InChI=1S/C17H35N/c1-12(2)11-17(9,13(3)4)15(7)16(8)18(10)14(5)6/h12-14,16H,7,11H2,1-6,8-10H3. The first-order valence-electron chi connectivity index (χ1n) is 7.45. The van der Waals surface area contributed by atoms with Gasteiger partial charge in [0.05, 0.1) is 0 Å². The smallest absolute Gasteiger partial charge is 0.0281 e. The summed E-state index contributed by atoms with van der Waals surface area (Å²) >= 11 is 0. The van der Waals surface area contributed by atoms with Crippen LogP contribution < -0.4 is 0 Å². The molecule has 1 heteroatoms. The van der Waals surface area contributed by atoms with Gasteiger partial charge < -0.3 is 0 Å². The number of likely N-dealkylation sites (N-methyl/N-ethyl adjacent to an activating group) is 1. The van der Waals surface area contributed by atoms with Crippen molar-refractivity contribution in [1.82, 2.24) is 4.90 Å². The van der Waals surface area contributed by atoms with Gasteiger partial charge >= 0.3 is 0 Å². The largest absolute Gasteiger partial charge is 0.298 e. The first kappa shape index (κ1) is 17.7. The van der Waals surface area contributed by atoms with E-state index in [-0.39, 0.29) is 5.41 Å². The van der Waals surface area contributed by atoms with Gasteiger partial charge in [-0.3, -0.25) is 4.90 Å². The molecular formula is C17H35N. The van der Waals surface area contributed by atoms with Gasteiger partial charge in [0.25, 0.3) is 0 Å². The molecule has 0 aromatic heterocycles. The molecule has 0 aliphatic rings. The molecule has 18 heavy (non-hydrogen) atoms. The minimum atomic E-state index is 0.233. The van der Waals surface area contributed by atoms with E-state index in [4.69, 9.17) is 0 Å². The van der Waals surface area contributed by atoms with E-state index in [1.165, 1.54) is 12.0 Å². The van der Waals surface area contributed by atoms with Crippen molar-refractivity contribution in [3.63, 3.8) is 0 Å². The highest BCUT2D eigenvalue weighted by Gasteiger charge is 2.35. The van der Waals surface area contributed by atoms with E-state index >= 15 is 0 Å². The van der Waals surface area contributed by atoms with Gasteiger partial charge in [0.2, 0.25) is 0 Å². The van der Waals surface area contributed by atoms with Crippen LogP contribution >= 0.6 is 0 Å². The predicted molar refractivity (Wildman–Crippen MR) is 83.9 cm³/mol. The van der Waals surface area contributed by atoms with Gasteiger partial charge in [-0.25, -0.2) is 0 Å². The monoisotopic (exact) mass is 253 g/mol. The summed E-state index contributed by atoms with van der Waals surface area (Å²) in [5, 5.41) is 0. The Balaban J connectivity index is 5.09. The lowest BCUT2D eigenvalue weighted by Gasteiger charge is -2.43. The third-order valence-corrected chi connectivity index (χ3v) is 4.77. The second kappa shape index (κ2) is 6.75. The normalized spacial score (nSPS) is 17.6. The van der Waals surface area contributed by atoms with Crippen LogP contribution in [0.25, 0.3) is 0 Å². The van der Waals surface area contributed by atoms with Crippen LogP contribution in [0.3, 0.4) is 0 Å². The lowest BCUT2D eigenvalue weighted by molar-refractivity contribution is 0.159. The Labute approximate surface area is 116 Å². The summed E-state index contributed by atoms with van der Waals surface area (Å²) < 4.78 is 0. The number of rotatable bonds is 7. The van der Waals surface area contributed by atoms with Crippen LogP contribution in [0.5, 0.6) is 0 Å². The summed E-state index contributed by atoms with van der Waals surface area (Å²) in [4.78, 5) is 2.42. The zero-order valence-corrected chi connectivity index (χ0v) is 14.2. The highest BCUT2D eigenvalue weighted by atomic mass is 15.1. The highest BCUT2D eigenvalue weighted by molar-refractivity contribution is 5.17. The number of hydrogen-bond acceptors (Lipinski definition) is 1. The van der Waals surface area contributed by atoms with Crippen LogP contribution in [0.1, 0.15) is 61.8 Å². The summed E-state index contributed by atoms with van der Waals surface area (Å²) in [6.45, 7) is 22.9. The predicted octanol–water partition coefficient (Wildman–Crippen LogP) is 4.98. The first-order chi connectivity index (χ1) is 8.04. The topological polar surface area (TPSA) is 3.24 Å². The molecule has 0 amide bonds. The van der Waals surface area contributed by atoms with Gasteiger partial charge in [-0.05, 0) is 51.5 Å². The maximum atomic E-state index is 4.46. The Bertz CT molecular complexity index is 265. The molecule has 2 atom stereocenters. The molecule has 0 heterocycles. The van der Waals surface area contributed by atoms with Crippen molar-refractivity contribution in [2.24, 2.45) is 17.3 Å². The Kier molecular flexibility index (Phi) is 6.63. The molecule has 2 unspecified atom stereocenters. The van der Waals surface area contributed by atoms with Gasteiger partial charge in [0, 0.05) is 12.1 Å². The van der Waals surface area contributed by atoms with Crippen LogP contribution in [-0.2, 0) is 0 Å². The zero-order chi connectivity index (χ0) is 14.7. The van der Waals surface area contributed by atoms with Crippen molar-refractivity contribution in [2.75, 3.05) is 7.05 Å². The molecule has 0 saturated carbocycles. The first-order valence-corrected chi connectivity index (χ1v) is 7.45. The summed E-state index contributed by atoms with van der Waals surface area (Å²) in [6, 6.07) is 1.00. The fraction of sp³-hybridized carbons (Fsp3) is 0.882. The Hall–Kier alpha value is -0.300. The second-order valence-corrected chi connectivity index (χ2v) is 7.13. The van der Waals surface area contributed by atoms with E-state index < -0.39 is 0 Å². The summed E-state index contributed by atoms with van der Waals surface area (Å²) in [7, 11) is 2.20. The Morgan fingerprint density at radius 1 is 1.06 bits per heavy atom. The fourth-order valence-electron chi connectivity index (χ4n) is 2.76. The van der Waals surface area contributed by atoms with Crippen molar-refractivity contribution in [3.05, 3.63) is 12.2 Å². The van der Waals surface area contributed by atoms with Crippen molar-refractivity contribution in [3.8, 4) is 0 Å². The van der Waals surface area contributed by atoms with Crippen LogP contribution in [0.2, 0.25) is 0 Å². The molecule has 0 aromatic carbocycles. The summed E-state index contributed by atoms with van der Waals surface area (Å²) in [5.41, 5.74) is 1.62. The van der Waals surface area contributed by atoms with Crippen LogP contribution in [0.4, 0.5) is 0 Å². The summed E-state index contributed by atoms with van der Waals surface area (Å²) in [5.74, 6) is 1.35.